The minimum absolute atomic E-state index is 0.105. The first-order valence-corrected chi connectivity index (χ1v) is 6.69. The molecule has 0 aliphatic heterocycles. The summed E-state index contributed by atoms with van der Waals surface area (Å²) in [5.74, 6) is -1.03. The number of hydrogen-bond acceptors (Lipinski definition) is 2. The van der Waals surface area contributed by atoms with Crippen LogP contribution in [0.4, 0.5) is 4.39 Å². The maximum absolute atomic E-state index is 13.4. The molecular weight excluding hydrogens is 287 g/mol. The van der Waals surface area contributed by atoms with Crippen LogP contribution in [0.2, 0.25) is 5.02 Å². The van der Waals surface area contributed by atoms with E-state index in [9.17, 15) is 9.18 Å². The maximum Gasteiger partial charge on any atom is 0.255 e. The number of hydrogen-bond donors (Lipinski definition) is 1. The summed E-state index contributed by atoms with van der Waals surface area (Å²) in [5, 5.41) is -0.158. The fourth-order valence-corrected chi connectivity index (χ4v) is 1.90. The summed E-state index contributed by atoms with van der Waals surface area (Å²) in [6.45, 7) is 4.53. The van der Waals surface area contributed by atoms with E-state index >= 15 is 0 Å². The standard InChI is InChI=1S/C13H16ClFN2OS/c1-3-17(7-8(2)12(16)19)13(18)9-5-4-6-10(15)11(9)14/h4-6,8H,3,7H2,1-2H3,(H2,16,19). The molecule has 0 spiro atoms. The summed E-state index contributed by atoms with van der Waals surface area (Å²) >= 11 is 10.7. The van der Waals surface area contributed by atoms with Gasteiger partial charge in [0, 0.05) is 19.0 Å². The van der Waals surface area contributed by atoms with E-state index in [0.717, 1.165) is 0 Å². The predicted octanol–water partition coefficient (Wildman–Crippen LogP) is 2.86. The van der Waals surface area contributed by atoms with Crippen LogP contribution < -0.4 is 5.73 Å². The van der Waals surface area contributed by atoms with Crippen molar-refractivity contribution in [3.05, 3.63) is 34.6 Å². The van der Waals surface area contributed by atoms with Gasteiger partial charge in [-0.2, -0.15) is 0 Å². The molecule has 0 heterocycles. The molecule has 1 unspecified atom stereocenters. The summed E-state index contributed by atoms with van der Waals surface area (Å²) in [6.07, 6.45) is 0. The van der Waals surface area contributed by atoms with Gasteiger partial charge in [0.25, 0.3) is 5.91 Å². The van der Waals surface area contributed by atoms with Crippen molar-refractivity contribution in [3.8, 4) is 0 Å². The Morgan fingerprint density at radius 3 is 2.74 bits per heavy atom. The SMILES string of the molecule is CCN(CC(C)C(N)=S)C(=O)c1cccc(F)c1Cl. The fraction of sp³-hybridized carbons (Fsp3) is 0.385. The van der Waals surface area contributed by atoms with Crippen molar-refractivity contribution < 1.29 is 9.18 Å². The smallest absolute Gasteiger partial charge is 0.255 e. The van der Waals surface area contributed by atoms with E-state index in [1.54, 1.807) is 4.90 Å². The number of nitrogens with zero attached hydrogens (tertiary/aromatic N) is 1. The highest BCUT2D eigenvalue weighted by Crippen LogP contribution is 2.21. The van der Waals surface area contributed by atoms with Gasteiger partial charge in [0.1, 0.15) is 5.82 Å². The zero-order valence-electron chi connectivity index (χ0n) is 10.8. The highest BCUT2D eigenvalue weighted by molar-refractivity contribution is 7.80. The van der Waals surface area contributed by atoms with Gasteiger partial charge in [0.05, 0.1) is 15.6 Å². The maximum atomic E-state index is 13.4. The average molecular weight is 303 g/mol. The van der Waals surface area contributed by atoms with Crippen molar-refractivity contribution in [2.75, 3.05) is 13.1 Å². The molecule has 0 aliphatic rings. The molecule has 0 saturated heterocycles. The second-order valence-electron chi connectivity index (χ2n) is 4.25. The van der Waals surface area contributed by atoms with Crippen molar-refractivity contribution in [2.45, 2.75) is 13.8 Å². The number of benzene rings is 1. The van der Waals surface area contributed by atoms with E-state index in [1.165, 1.54) is 18.2 Å². The highest BCUT2D eigenvalue weighted by atomic mass is 35.5. The van der Waals surface area contributed by atoms with E-state index in [-0.39, 0.29) is 22.4 Å². The number of nitrogens with two attached hydrogens (primary N) is 1. The lowest BCUT2D eigenvalue weighted by Gasteiger charge is -2.24. The summed E-state index contributed by atoms with van der Waals surface area (Å²) in [6, 6.07) is 4.17. The third-order valence-electron chi connectivity index (χ3n) is 2.83. The molecule has 3 nitrogen and oxygen atoms in total. The molecule has 1 amide bonds. The molecule has 1 aromatic rings. The first kappa shape index (κ1) is 15.9. The van der Waals surface area contributed by atoms with Gasteiger partial charge in [-0.05, 0) is 19.1 Å². The van der Waals surface area contributed by atoms with Gasteiger partial charge in [-0.15, -0.1) is 0 Å². The second-order valence-corrected chi connectivity index (χ2v) is 5.10. The lowest BCUT2D eigenvalue weighted by Crippen LogP contribution is -2.38. The Balaban J connectivity index is 2.96. The van der Waals surface area contributed by atoms with E-state index in [0.29, 0.717) is 18.1 Å². The largest absolute Gasteiger partial charge is 0.393 e. The molecular formula is C13H16ClFN2OS. The summed E-state index contributed by atoms with van der Waals surface area (Å²) in [7, 11) is 0. The van der Waals surface area contributed by atoms with E-state index in [4.69, 9.17) is 29.6 Å². The number of carbonyl (C=O) groups excluding carboxylic acids is 1. The van der Waals surface area contributed by atoms with Crippen molar-refractivity contribution in [1.29, 1.82) is 0 Å². The molecule has 6 heteroatoms. The summed E-state index contributed by atoms with van der Waals surface area (Å²) in [4.78, 5) is 14.2. The molecule has 0 radical (unpaired) electrons. The van der Waals surface area contributed by atoms with Gasteiger partial charge in [0.15, 0.2) is 0 Å². The molecule has 19 heavy (non-hydrogen) atoms. The number of rotatable bonds is 5. The Bertz CT molecular complexity index is 496. The molecule has 1 rings (SSSR count). The van der Waals surface area contributed by atoms with Crippen LogP contribution in [0.15, 0.2) is 18.2 Å². The Morgan fingerprint density at radius 1 is 1.58 bits per heavy atom. The zero-order chi connectivity index (χ0) is 14.6. The minimum Gasteiger partial charge on any atom is -0.393 e. The Kier molecular flexibility index (Phi) is 5.69. The zero-order valence-corrected chi connectivity index (χ0v) is 12.4. The van der Waals surface area contributed by atoms with Crippen LogP contribution in [0.1, 0.15) is 24.2 Å². The van der Waals surface area contributed by atoms with Crippen LogP contribution in [0, 0.1) is 11.7 Å². The molecule has 0 aromatic heterocycles. The number of thiocarbonyl (C=S) groups is 1. The van der Waals surface area contributed by atoms with Gasteiger partial charge < -0.3 is 10.6 Å². The van der Waals surface area contributed by atoms with Gasteiger partial charge in [-0.3, -0.25) is 4.79 Å². The monoisotopic (exact) mass is 302 g/mol. The predicted molar refractivity (Wildman–Crippen MR) is 78.9 cm³/mol. The number of amides is 1. The molecule has 0 bridgehead atoms. The first-order valence-electron chi connectivity index (χ1n) is 5.91. The Hall–Kier alpha value is -1.20. The minimum atomic E-state index is -0.606. The second kappa shape index (κ2) is 6.82. The van der Waals surface area contributed by atoms with E-state index < -0.39 is 5.82 Å². The molecule has 0 fully saturated rings. The molecule has 104 valence electrons. The Morgan fingerprint density at radius 2 is 2.21 bits per heavy atom. The van der Waals surface area contributed by atoms with Gasteiger partial charge >= 0.3 is 0 Å². The quantitative estimate of drug-likeness (QED) is 0.851. The van der Waals surface area contributed by atoms with E-state index in [1.807, 2.05) is 13.8 Å². The van der Waals surface area contributed by atoms with Crippen LogP contribution in [0.25, 0.3) is 0 Å². The van der Waals surface area contributed by atoms with Crippen molar-refractivity contribution in [1.82, 2.24) is 4.90 Å². The lowest BCUT2D eigenvalue weighted by atomic mass is 10.1. The van der Waals surface area contributed by atoms with Crippen LogP contribution >= 0.6 is 23.8 Å². The Labute approximate surface area is 122 Å². The summed E-state index contributed by atoms with van der Waals surface area (Å²) < 4.78 is 13.4. The molecule has 0 saturated carbocycles. The van der Waals surface area contributed by atoms with Gasteiger partial charge in [0.2, 0.25) is 0 Å². The van der Waals surface area contributed by atoms with Gasteiger partial charge in [-0.1, -0.05) is 36.8 Å². The van der Waals surface area contributed by atoms with Crippen molar-refractivity contribution in [3.63, 3.8) is 0 Å². The summed E-state index contributed by atoms with van der Waals surface area (Å²) in [5.41, 5.74) is 5.69. The molecule has 1 aromatic carbocycles. The van der Waals surface area contributed by atoms with Gasteiger partial charge in [-0.25, -0.2) is 4.39 Å². The van der Waals surface area contributed by atoms with Crippen molar-refractivity contribution >= 4 is 34.7 Å². The lowest BCUT2D eigenvalue weighted by molar-refractivity contribution is 0.0754. The third kappa shape index (κ3) is 3.88. The van der Waals surface area contributed by atoms with Crippen LogP contribution in [0.3, 0.4) is 0 Å². The highest BCUT2D eigenvalue weighted by Gasteiger charge is 2.21. The average Bonchev–Trinajstić information content (AvgIpc) is 2.38. The van der Waals surface area contributed by atoms with Crippen LogP contribution in [-0.2, 0) is 0 Å². The van der Waals surface area contributed by atoms with Crippen molar-refractivity contribution in [2.24, 2.45) is 11.7 Å². The molecule has 0 aliphatic carbocycles. The topological polar surface area (TPSA) is 46.3 Å². The third-order valence-corrected chi connectivity index (χ3v) is 3.62. The van der Waals surface area contributed by atoms with Crippen LogP contribution in [0.5, 0.6) is 0 Å². The number of halogens is 2. The van der Waals surface area contributed by atoms with E-state index in [2.05, 4.69) is 0 Å². The van der Waals surface area contributed by atoms with Crippen LogP contribution in [-0.4, -0.2) is 28.9 Å². The molecule has 2 N–H and O–H groups in total. The number of carbonyl (C=O) groups is 1. The first-order chi connectivity index (χ1) is 8.88. The molecule has 1 atom stereocenters. The fourth-order valence-electron chi connectivity index (χ4n) is 1.62. The normalized spacial score (nSPS) is 12.0.